The molecule has 1 aliphatic rings. The highest BCUT2D eigenvalue weighted by Crippen LogP contribution is 2.30. The van der Waals surface area contributed by atoms with Gasteiger partial charge in [-0.3, -0.25) is 0 Å². The van der Waals surface area contributed by atoms with Crippen LogP contribution >= 0.6 is 27.3 Å². The van der Waals surface area contributed by atoms with Gasteiger partial charge in [0.2, 0.25) is 0 Å². The van der Waals surface area contributed by atoms with Crippen molar-refractivity contribution in [3.63, 3.8) is 0 Å². The first-order chi connectivity index (χ1) is 9.33. The van der Waals surface area contributed by atoms with Gasteiger partial charge in [0, 0.05) is 27.9 Å². The van der Waals surface area contributed by atoms with Gasteiger partial charge >= 0.3 is 0 Å². The Balaban J connectivity index is 1.76. The van der Waals surface area contributed by atoms with Gasteiger partial charge < -0.3 is 5.32 Å². The second-order valence-corrected chi connectivity index (χ2v) is 7.07. The third kappa shape index (κ3) is 3.68. The van der Waals surface area contributed by atoms with Gasteiger partial charge in [0.1, 0.15) is 0 Å². The highest BCUT2D eigenvalue weighted by molar-refractivity contribution is 9.10. The standard InChI is InChI=1S/C16H18BrNS/c17-16-6-2-1-5-15(16)12(11-18-13-7-8-13)10-14-4-3-9-19-14/h1-6,9,12-13,18H,7-8,10-11H2. The fourth-order valence-corrected chi connectivity index (χ4v) is 3.76. The number of halogens is 1. The zero-order valence-electron chi connectivity index (χ0n) is 10.8. The minimum Gasteiger partial charge on any atom is -0.313 e. The van der Waals surface area contributed by atoms with Crippen molar-refractivity contribution in [3.05, 3.63) is 56.7 Å². The van der Waals surface area contributed by atoms with Gasteiger partial charge in [0.15, 0.2) is 0 Å². The molecular formula is C16H18BrNS. The first-order valence-electron chi connectivity index (χ1n) is 6.83. The minimum atomic E-state index is 0.551. The fraction of sp³-hybridized carbons (Fsp3) is 0.375. The van der Waals surface area contributed by atoms with Crippen molar-refractivity contribution in [1.82, 2.24) is 5.32 Å². The number of rotatable bonds is 6. The molecule has 1 atom stereocenters. The Bertz CT molecular complexity index is 519. The molecule has 1 aromatic carbocycles. The maximum Gasteiger partial charge on any atom is 0.0210 e. The van der Waals surface area contributed by atoms with Crippen molar-refractivity contribution in [2.24, 2.45) is 0 Å². The zero-order chi connectivity index (χ0) is 13.1. The van der Waals surface area contributed by atoms with E-state index in [1.54, 1.807) is 0 Å². The van der Waals surface area contributed by atoms with Gasteiger partial charge in [-0.25, -0.2) is 0 Å². The molecule has 0 bridgehead atoms. The predicted molar refractivity (Wildman–Crippen MR) is 85.9 cm³/mol. The summed E-state index contributed by atoms with van der Waals surface area (Å²) in [5.74, 6) is 0.551. The number of thiophene rings is 1. The Labute approximate surface area is 127 Å². The van der Waals surface area contributed by atoms with Gasteiger partial charge in [-0.15, -0.1) is 11.3 Å². The average molecular weight is 336 g/mol. The Kier molecular flexibility index (Phi) is 4.36. The summed E-state index contributed by atoms with van der Waals surface area (Å²) in [6.45, 7) is 1.07. The van der Waals surface area contributed by atoms with Crippen molar-refractivity contribution in [2.45, 2.75) is 31.2 Å². The van der Waals surface area contributed by atoms with Crippen LogP contribution in [0.5, 0.6) is 0 Å². The van der Waals surface area contributed by atoms with Crippen molar-refractivity contribution in [3.8, 4) is 0 Å². The molecule has 0 amide bonds. The Hall–Kier alpha value is -0.640. The van der Waals surface area contributed by atoms with Crippen LogP contribution in [-0.4, -0.2) is 12.6 Å². The van der Waals surface area contributed by atoms with Crippen LogP contribution in [-0.2, 0) is 6.42 Å². The van der Waals surface area contributed by atoms with Crippen molar-refractivity contribution < 1.29 is 0 Å². The normalized spacial score (nSPS) is 16.5. The van der Waals surface area contributed by atoms with Crippen LogP contribution in [0.4, 0.5) is 0 Å². The lowest BCUT2D eigenvalue weighted by molar-refractivity contribution is 0.578. The summed E-state index contributed by atoms with van der Waals surface area (Å²) in [5, 5.41) is 5.85. The number of nitrogens with one attached hydrogen (secondary N) is 1. The maximum atomic E-state index is 3.70. The van der Waals surface area contributed by atoms with Crippen LogP contribution in [0.2, 0.25) is 0 Å². The van der Waals surface area contributed by atoms with E-state index in [-0.39, 0.29) is 0 Å². The van der Waals surface area contributed by atoms with Crippen LogP contribution in [0.1, 0.15) is 29.2 Å². The van der Waals surface area contributed by atoms with E-state index in [9.17, 15) is 0 Å². The first-order valence-corrected chi connectivity index (χ1v) is 8.50. The molecule has 19 heavy (non-hydrogen) atoms. The Morgan fingerprint density at radius 3 is 2.74 bits per heavy atom. The minimum absolute atomic E-state index is 0.551. The molecule has 1 aliphatic carbocycles. The van der Waals surface area contributed by atoms with Crippen molar-refractivity contribution in [1.29, 1.82) is 0 Å². The van der Waals surface area contributed by atoms with Crippen LogP contribution in [0.25, 0.3) is 0 Å². The third-order valence-electron chi connectivity index (χ3n) is 3.60. The van der Waals surface area contributed by atoms with E-state index in [1.165, 1.54) is 27.8 Å². The maximum absolute atomic E-state index is 3.70. The Morgan fingerprint density at radius 1 is 1.21 bits per heavy atom. The van der Waals surface area contributed by atoms with Crippen LogP contribution in [0.3, 0.4) is 0 Å². The molecule has 0 spiro atoms. The van der Waals surface area contributed by atoms with E-state index in [0.29, 0.717) is 5.92 Å². The van der Waals surface area contributed by atoms with E-state index >= 15 is 0 Å². The molecule has 1 heterocycles. The summed E-state index contributed by atoms with van der Waals surface area (Å²) < 4.78 is 1.23. The fourth-order valence-electron chi connectivity index (χ4n) is 2.37. The van der Waals surface area contributed by atoms with E-state index in [4.69, 9.17) is 0 Å². The monoisotopic (exact) mass is 335 g/mol. The van der Waals surface area contributed by atoms with E-state index in [2.05, 4.69) is 63.0 Å². The van der Waals surface area contributed by atoms with Gasteiger partial charge in [0.25, 0.3) is 0 Å². The molecule has 3 heteroatoms. The molecule has 1 N–H and O–H groups in total. The van der Waals surface area contributed by atoms with Gasteiger partial charge in [-0.05, 0) is 42.3 Å². The Morgan fingerprint density at radius 2 is 2.05 bits per heavy atom. The third-order valence-corrected chi connectivity index (χ3v) is 5.22. The zero-order valence-corrected chi connectivity index (χ0v) is 13.2. The molecule has 2 aromatic rings. The first kappa shape index (κ1) is 13.3. The summed E-state index contributed by atoms with van der Waals surface area (Å²) in [7, 11) is 0. The van der Waals surface area contributed by atoms with E-state index in [1.807, 2.05) is 11.3 Å². The smallest absolute Gasteiger partial charge is 0.0210 e. The second kappa shape index (κ2) is 6.21. The van der Waals surface area contributed by atoms with E-state index < -0.39 is 0 Å². The summed E-state index contributed by atoms with van der Waals surface area (Å²) >= 11 is 5.56. The number of hydrogen-bond acceptors (Lipinski definition) is 2. The molecular weight excluding hydrogens is 318 g/mol. The van der Waals surface area contributed by atoms with E-state index in [0.717, 1.165) is 19.0 Å². The lowest BCUT2D eigenvalue weighted by Gasteiger charge is -2.19. The van der Waals surface area contributed by atoms with Crippen LogP contribution in [0.15, 0.2) is 46.3 Å². The van der Waals surface area contributed by atoms with Crippen molar-refractivity contribution in [2.75, 3.05) is 6.54 Å². The highest BCUT2D eigenvalue weighted by Gasteiger charge is 2.23. The summed E-state index contributed by atoms with van der Waals surface area (Å²) in [6, 6.07) is 13.8. The quantitative estimate of drug-likeness (QED) is 0.814. The SMILES string of the molecule is Brc1ccccc1C(CNC1CC1)Cc1cccs1. The molecule has 1 fully saturated rings. The van der Waals surface area contributed by atoms with Gasteiger partial charge in [0.05, 0.1) is 0 Å². The number of hydrogen-bond donors (Lipinski definition) is 1. The van der Waals surface area contributed by atoms with Crippen LogP contribution in [0, 0.1) is 0 Å². The average Bonchev–Trinajstić information content (AvgIpc) is 3.11. The summed E-state index contributed by atoms with van der Waals surface area (Å²) in [5.41, 5.74) is 1.42. The van der Waals surface area contributed by atoms with Crippen molar-refractivity contribution >= 4 is 27.3 Å². The highest BCUT2D eigenvalue weighted by atomic mass is 79.9. The lowest BCUT2D eigenvalue weighted by Crippen LogP contribution is -2.24. The molecule has 1 unspecified atom stereocenters. The molecule has 0 saturated heterocycles. The predicted octanol–water partition coefficient (Wildman–Crippen LogP) is 4.59. The molecule has 1 aromatic heterocycles. The van der Waals surface area contributed by atoms with Gasteiger partial charge in [-0.1, -0.05) is 40.2 Å². The molecule has 1 nitrogen and oxygen atoms in total. The number of benzene rings is 1. The topological polar surface area (TPSA) is 12.0 Å². The molecule has 1 saturated carbocycles. The molecule has 0 aliphatic heterocycles. The van der Waals surface area contributed by atoms with Crippen LogP contribution < -0.4 is 5.32 Å². The molecule has 3 rings (SSSR count). The molecule has 0 radical (unpaired) electrons. The summed E-state index contributed by atoms with van der Waals surface area (Å²) in [6.07, 6.45) is 3.82. The summed E-state index contributed by atoms with van der Waals surface area (Å²) in [4.78, 5) is 1.47. The largest absolute Gasteiger partial charge is 0.313 e. The second-order valence-electron chi connectivity index (χ2n) is 5.18. The lowest BCUT2D eigenvalue weighted by atomic mass is 9.95. The molecule has 100 valence electrons. The van der Waals surface area contributed by atoms with Gasteiger partial charge in [-0.2, -0.15) is 0 Å².